The zero-order valence-corrected chi connectivity index (χ0v) is 18.2. The second-order valence-corrected chi connectivity index (χ2v) is 9.85. The zero-order chi connectivity index (χ0) is 17.1. The standard InChI is InChI=1S/C20H21.2ClH.Zr/c1-12-8-15(4)16(5)18(10-12)20-14(3)6-7-17-9-13(2)11-19(17)20;;;/h6-11H,1-5H3;2*1H;/q-1;;;+2/p-2. The van der Waals surface area contributed by atoms with Crippen molar-refractivity contribution in [2.75, 3.05) is 0 Å². The van der Waals surface area contributed by atoms with Gasteiger partial charge in [-0.1, -0.05) is 35.7 Å². The van der Waals surface area contributed by atoms with E-state index in [1.54, 1.807) is 0 Å². The van der Waals surface area contributed by atoms with Crippen LogP contribution in [0.1, 0.15) is 27.8 Å². The Hall–Kier alpha value is -0.487. The summed E-state index contributed by atoms with van der Waals surface area (Å²) >= 11 is -0.826. The first-order chi connectivity index (χ1) is 10.9. The van der Waals surface area contributed by atoms with Gasteiger partial charge in [0.05, 0.1) is 0 Å². The Bertz CT molecular complexity index is 831. The Morgan fingerprint density at radius 2 is 1.52 bits per heavy atom. The Kier molecular flexibility index (Phi) is 6.60. The molecule has 120 valence electrons. The van der Waals surface area contributed by atoms with E-state index in [4.69, 9.17) is 17.0 Å². The normalized spacial score (nSPS) is 10.4. The summed E-state index contributed by atoms with van der Waals surface area (Å²) in [5, 5.41) is 2.73. The predicted molar refractivity (Wildman–Crippen MR) is 100 cm³/mol. The number of benzene rings is 2. The second-order valence-electron chi connectivity index (χ2n) is 6.12. The fourth-order valence-electron chi connectivity index (χ4n) is 3.20. The summed E-state index contributed by atoms with van der Waals surface area (Å²) in [5.41, 5.74) is 9.59. The van der Waals surface area contributed by atoms with Gasteiger partial charge in [-0.15, -0.1) is 34.5 Å². The Balaban J connectivity index is 0.000000595. The van der Waals surface area contributed by atoms with Crippen LogP contribution in [0.25, 0.3) is 21.9 Å². The summed E-state index contributed by atoms with van der Waals surface area (Å²) in [6.45, 7) is 11.0. The average Bonchev–Trinajstić information content (AvgIpc) is 2.84. The molecule has 0 nitrogen and oxygen atoms in total. The van der Waals surface area contributed by atoms with Crippen LogP contribution in [0.3, 0.4) is 0 Å². The van der Waals surface area contributed by atoms with Gasteiger partial charge >= 0.3 is 37.9 Å². The van der Waals surface area contributed by atoms with Gasteiger partial charge in [-0.25, -0.2) is 0 Å². The Labute approximate surface area is 157 Å². The molecule has 0 fully saturated rings. The van der Waals surface area contributed by atoms with Gasteiger partial charge in [-0.2, -0.15) is 6.07 Å². The van der Waals surface area contributed by atoms with Gasteiger partial charge in [-0.3, -0.25) is 0 Å². The molecule has 0 bridgehead atoms. The zero-order valence-electron chi connectivity index (χ0n) is 14.2. The van der Waals surface area contributed by atoms with Crippen LogP contribution in [-0.4, -0.2) is 0 Å². The monoisotopic (exact) mass is 421 g/mol. The molecule has 0 aliphatic heterocycles. The molecule has 0 saturated heterocycles. The van der Waals surface area contributed by atoms with E-state index in [-0.39, 0.29) is 0 Å². The number of rotatable bonds is 1. The molecule has 0 unspecified atom stereocenters. The van der Waals surface area contributed by atoms with E-state index >= 15 is 0 Å². The van der Waals surface area contributed by atoms with Crippen molar-refractivity contribution in [1.82, 2.24) is 0 Å². The number of halogens is 2. The molecule has 3 aromatic carbocycles. The van der Waals surface area contributed by atoms with Gasteiger partial charge in [0, 0.05) is 0 Å². The average molecular weight is 424 g/mol. The molecule has 0 saturated carbocycles. The molecule has 0 aliphatic carbocycles. The van der Waals surface area contributed by atoms with Crippen molar-refractivity contribution >= 4 is 27.8 Å². The molecule has 0 N–H and O–H groups in total. The van der Waals surface area contributed by atoms with E-state index in [0.717, 1.165) is 0 Å². The molecule has 3 rings (SSSR count). The SMILES string of the molecule is Cc1cc(C)c(C)c(-c2c(C)ccc3[cH-]c(C)cc23)c1.[Cl][Zr][Cl]. The van der Waals surface area contributed by atoms with E-state index in [9.17, 15) is 0 Å². The van der Waals surface area contributed by atoms with Crippen LogP contribution in [0.15, 0.2) is 36.4 Å². The van der Waals surface area contributed by atoms with Gasteiger partial charge in [0.2, 0.25) is 0 Å². The van der Waals surface area contributed by atoms with E-state index in [1.807, 2.05) is 0 Å². The van der Waals surface area contributed by atoms with E-state index < -0.39 is 20.8 Å². The molecule has 0 aliphatic rings. The van der Waals surface area contributed by atoms with Crippen molar-refractivity contribution in [2.45, 2.75) is 34.6 Å². The molecule has 23 heavy (non-hydrogen) atoms. The minimum atomic E-state index is -0.826. The molecule has 0 spiro atoms. The molecule has 0 heterocycles. The van der Waals surface area contributed by atoms with Gasteiger partial charge < -0.3 is 0 Å². The summed E-state index contributed by atoms with van der Waals surface area (Å²) in [6.07, 6.45) is 0. The maximum absolute atomic E-state index is 4.93. The van der Waals surface area contributed by atoms with Crippen LogP contribution in [0.4, 0.5) is 0 Å². The molecule has 0 amide bonds. The van der Waals surface area contributed by atoms with Crippen LogP contribution >= 0.6 is 17.0 Å². The summed E-state index contributed by atoms with van der Waals surface area (Å²) in [5.74, 6) is 0. The fourth-order valence-corrected chi connectivity index (χ4v) is 3.20. The van der Waals surface area contributed by atoms with Crippen LogP contribution in [0, 0.1) is 34.6 Å². The molecular weight excluding hydrogens is 402 g/mol. The number of hydrogen-bond acceptors (Lipinski definition) is 0. The van der Waals surface area contributed by atoms with Crippen LogP contribution in [-0.2, 0) is 20.8 Å². The number of aryl methyl sites for hydroxylation is 4. The predicted octanol–water partition coefficient (Wildman–Crippen LogP) is 7.14. The van der Waals surface area contributed by atoms with E-state index in [0.29, 0.717) is 0 Å². The summed E-state index contributed by atoms with van der Waals surface area (Å²) in [6, 6.07) is 13.7. The first kappa shape index (κ1) is 18.8. The van der Waals surface area contributed by atoms with Crippen molar-refractivity contribution in [2.24, 2.45) is 0 Å². The molecule has 0 aromatic heterocycles. The van der Waals surface area contributed by atoms with Crippen molar-refractivity contribution in [3.05, 3.63) is 64.2 Å². The third kappa shape index (κ3) is 4.13. The maximum atomic E-state index is 4.93. The first-order valence-electron chi connectivity index (χ1n) is 7.60. The van der Waals surface area contributed by atoms with Gasteiger partial charge in [-0.05, 0) is 44.4 Å². The summed E-state index contributed by atoms with van der Waals surface area (Å²) in [7, 11) is 9.87. The fraction of sp³-hybridized carbons (Fsp3) is 0.250. The van der Waals surface area contributed by atoms with Crippen molar-refractivity contribution in [3.8, 4) is 11.1 Å². The van der Waals surface area contributed by atoms with Crippen LogP contribution in [0.2, 0.25) is 0 Å². The number of hydrogen-bond donors (Lipinski definition) is 0. The third-order valence-corrected chi connectivity index (χ3v) is 4.32. The molecule has 3 heteroatoms. The van der Waals surface area contributed by atoms with Crippen LogP contribution in [0.5, 0.6) is 0 Å². The Morgan fingerprint density at radius 3 is 2.17 bits per heavy atom. The van der Waals surface area contributed by atoms with E-state index in [1.165, 1.54) is 49.7 Å². The minimum absolute atomic E-state index is 0.826. The van der Waals surface area contributed by atoms with Gasteiger partial charge in [0.1, 0.15) is 0 Å². The van der Waals surface area contributed by atoms with Gasteiger partial charge in [0.15, 0.2) is 0 Å². The van der Waals surface area contributed by atoms with Crippen molar-refractivity contribution in [1.29, 1.82) is 0 Å². The van der Waals surface area contributed by atoms with E-state index in [2.05, 4.69) is 71.0 Å². The van der Waals surface area contributed by atoms with Crippen molar-refractivity contribution < 1.29 is 20.8 Å². The van der Waals surface area contributed by atoms with Crippen LogP contribution < -0.4 is 0 Å². The molecule has 3 aromatic rings. The summed E-state index contributed by atoms with van der Waals surface area (Å²) in [4.78, 5) is 0. The van der Waals surface area contributed by atoms with Gasteiger partial charge in [0.25, 0.3) is 0 Å². The molecular formula is C20H21Cl2Zr-. The molecule has 0 atom stereocenters. The van der Waals surface area contributed by atoms with Crippen molar-refractivity contribution in [3.63, 3.8) is 0 Å². The molecule has 0 radical (unpaired) electrons. The third-order valence-electron chi connectivity index (χ3n) is 4.32. The quantitative estimate of drug-likeness (QED) is 0.365. The summed E-state index contributed by atoms with van der Waals surface area (Å²) < 4.78 is 0. The first-order valence-corrected chi connectivity index (χ1v) is 13.9. The number of fused-ring (bicyclic) bond motifs is 1. The topological polar surface area (TPSA) is 0 Å². The Morgan fingerprint density at radius 1 is 0.870 bits per heavy atom. The second kappa shape index (κ2) is 8.06.